The Morgan fingerprint density at radius 3 is 2.46 bits per heavy atom. The Morgan fingerprint density at radius 2 is 1.82 bits per heavy atom. The minimum atomic E-state index is -4.02. The highest BCUT2D eigenvalue weighted by atomic mass is 32.2. The van der Waals surface area contributed by atoms with Gasteiger partial charge in [-0.15, -0.1) is 0 Å². The molecule has 0 fully saturated rings. The van der Waals surface area contributed by atoms with E-state index in [1.54, 1.807) is 39.3 Å². The normalized spacial score (nSPS) is 19.6. The van der Waals surface area contributed by atoms with Gasteiger partial charge in [0.2, 0.25) is 10.0 Å². The molecule has 0 aromatic heterocycles. The van der Waals surface area contributed by atoms with E-state index < -0.39 is 33.9 Å². The van der Waals surface area contributed by atoms with Crippen molar-refractivity contribution in [2.24, 2.45) is 5.92 Å². The van der Waals surface area contributed by atoms with Gasteiger partial charge in [-0.1, -0.05) is 37.3 Å². The molecule has 0 bridgehead atoms. The molecule has 0 saturated heterocycles. The number of likely N-dealkylation sites (N-methyl/N-ethyl adjacent to an activating group) is 1. The Bertz CT molecular complexity index is 1430. The molecule has 1 amide bonds. The molecule has 0 radical (unpaired) electrons. The van der Waals surface area contributed by atoms with Gasteiger partial charge in [-0.25, -0.2) is 12.8 Å². The van der Waals surface area contributed by atoms with E-state index in [0.29, 0.717) is 5.75 Å². The van der Waals surface area contributed by atoms with Crippen LogP contribution in [0.25, 0.3) is 11.1 Å². The highest BCUT2D eigenvalue weighted by Crippen LogP contribution is 2.37. The number of aliphatic hydroxyl groups excluding tert-OH is 1. The smallest absolute Gasteiger partial charge is 0.256 e. The van der Waals surface area contributed by atoms with Gasteiger partial charge in [0.15, 0.2) is 0 Å². The van der Waals surface area contributed by atoms with Crippen molar-refractivity contribution in [3.63, 3.8) is 0 Å². The second kappa shape index (κ2) is 11.7. The van der Waals surface area contributed by atoms with Crippen LogP contribution in [-0.2, 0) is 10.0 Å². The number of ether oxygens (including phenoxy) is 2. The third-order valence-electron chi connectivity index (χ3n) is 7.00. The minimum absolute atomic E-state index is 0.0277. The van der Waals surface area contributed by atoms with E-state index in [9.17, 15) is 22.7 Å². The summed E-state index contributed by atoms with van der Waals surface area (Å²) in [6, 6.07) is 17.3. The number of rotatable bonds is 7. The fourth-order valence-electron chi connectivity index (χ4n) is 4.60. The number of hydrogen-bond donors (Lipinski definition) is 1. The summed E-state index contributed by atoms with van der Waals surface area (Å²) < 4.78 is 54.6. The van der Waals surface area contributed by atoms with Gasteiger partial charge in [0.25, 0.3) is 5.91 Å². The maximum Gasteiger partial charge on any atom is 0.256 e. The SMILES string of the molecule is COc1ccc(-c2ccc3c(c2)O[C@H](CN(C)C(=O)c2ccccc2F)[C@@H](C)CN([C@H](C)CO)S3(=O)=O)cc1. The first-order valence-corrected chi connectivity index (χ1v) is 14.1. The van der Waals surface area contributed by atoms with Crippen LogP contribution in [0.15, 0.2) is 71.6 Å². The number of benzene rings is 3. The molecule has 1 aliphatic heterocycles. The van der Waals surface area contributed by atoms with Crippen molar-refractivity contribution < 1.29 is 32.2 Å². The van der Waals surface area contributed by atoms with E-state index in [0.717, 1.165) is 11.1 Å². The number of carbonyl (C=O) groups is 1. The van der Waals surface area contributed by atoms with Crippen molar-refractivity contribution in [3.05, 3.63) is 78.1 Å². The standard InChI is InChI=1S/C29H33FN2O6S/c1-19-16-32(20(2)18-33)39(35,36)28-14-11-22(21-9-12-23(37-4)13-10-21)15-26(28)38-27(19)17-31(3)29(34)24-7-5-6-8-25(24)30/h5-15,19-20,27,33H,16-18H2,1-4H3/t19-,20+,27+/m0/s1. The maximum atomic E-state index is 14.3. The zero-order chi connectivity index (χ0) is 28.3. The molecule has 3 atom stereocenters. The summed E-state index contributed by atoms with van der Waals surface area (Å²) in [4.78, 5) is 14.4. The molecule has 3 aromatic rings. The van der Waals surface area contributed by atoms with E-state index >= 15 is 0 Å². The van der Waals surface area contributed by atoms with Crippen LogP contribution >= 0.6 is 0 Å². The van der Waals surface area contributed by atoms with Crippen LogP contribution in [0.2, 0.25) is 0 Å². The molecule has 0 spiro atoms. The van der Waals surface area contributed by atoms with Gasteiger partial charge in [-0.3, -0.25) is 4.79 Å². The summed E-state index contributed by atoms with van der Waals surface area (Å²) in [6.07, 6.45) is -0.625. The first-order chi connectivity index (χ1) is 18.6. The number of aliphatic hydroxyl groups is 1. The van der Waals surface area contributed by atoms with Crippen LogP contribution in [0, 0.1) is 11.7 Å². The third kappa shape index (κ3) is 5.93. The molecule has 0 saturated carbocycles. The summed E-state index contributed by atoms with van der Waals surface area (Å²) in [5, 5.41) is 9.85. The maximum absolute atomic E-state index is 14.3. The summed E-state index contributed by atoms with van der Waals surface area (Å²) in [7, 11) is -0.880. The van der Waals surface area contributed by atoms with Crippen molar-refractivity contribution in [3.8, 4) is 22.6 Å². The lowest BCUT2D eigenvalue weighted by Crippen LogP contribution is -2.50. The number of nitrogens with zero attached hydrogens (tertiary/aromatic N) is 2. The number of halogens is 1. The summed E-state index contributed by atoms with van der Waals surface area (Å²) in [5.74, 6) is -0.672. The van der Waals surface area contributed by atoms with Crippen LogP contribution in [0.1, 0.15) is 24.2 Å². The predicted molar refractivity (Wildman–Crippen MR) is 146 cm³/mol. The van der Waals surface area contributed by atoms with Gasteiger partial charge >= 0.3 is 0 Å². The first kappa shape index (κ1) is 28.5. The Kier molecular flexibility index (Phi) is 8.58. The zero-order valence-electron chi connectivity index (χ0n) is 22.4. The molecule has 10 heteroatoms. The molecular formula is C29H33FN2O6S. The molecule has 3 aromatic carbocycles. The second-order valence-electron chi connectivity index (χ2n) is 9.80. The molecule has 4 rings (SSSR count). The average molecular weight is 557 g/mol. The molecule has 1 N–H and O–H groups in total. The number of sulfonamides is 1. The monoisotopic (exact) mass is 556 g/mol. The largest absolute Gasteiger partial charge is 0.497 e. The van der Waals surface area contributed by atoms with Crippen LogP contribution in [0.3, 0.4) is 0 Å². The van der Waals surface area contributed by atoms with Crippen molar-refractivity contribution in [2.45, 2.75) is 30.9 Å². The Balaban J connectivity index is 1.74. The molecule has 208 valence electrons. The van der Waals surface area contributed by atoms with Crippen molar-refractivity contribution in [1.29, 1.82) is 0 Å². The van der Waals surface area contributed by atoms with E-state index in [-0.39, 0.29) is 41.8 Å². The lowest BCUT2D eigenvalue weighted by molar-refractivity contribution is 0.0560. The lowest BCUT2D eigenvalue weighted by atomic mass is 10.0. The quantitative estimate of drug-likeness (QED) is 0.472. The molecule has 8 nitrogen and oxygen atoms in total. The van der Waals surface area contributed by atoms with Gasteiger partial charge in [-0.2, -0.15) is 4.31 Å². The van der Waals surface area contributed by atoms with Crippen LogP contribution in [-0.4, -0.2) is 74.6 Å². The summed E-state index contributed by atoms with van der Waals surface area (Å²) in [6.45, 7) is 3.26. The van der Waals surface area contributed by atoms with E-state index in [1.807, 2.05) is 31.2 Å². The topological polar surface area (TPSA) is 96.4 Å². The molecule has 1 aliphatic rings. The van der Waals surface area contributed by atoms with E-state index in [2.05, 4.69) is 0 Å². The van der Waals surface area contributed by atoms with Crippen LogP contribution < -0.4 is 9.47 Å². The second-order valence-corrected chi connectivity index (χ2v) is 11.7. The number of carbonyl (C=O) groups excluding carboxylic acids is 1. The zero-order valence-corrected chi connectivity index (χ0v) is 23.2. The highest BCUT2D eigenvalue weighted by Gasteiger charge is 2.38. The first-order valence-electron chi connectivity index (χ1n) is 12.6. The fraction of sp³-hybridized carbons (Fsp3) is 0.345. The molecule has 0 aliphatic carbocycles. The predicted octanol–water partition coefficient (Wildman–Crippen LogP) is 4.04. The average Bonchev–Trinajstić information content (AvgIpc) is 2.94. The Hall–Kier alpha value is -3.47. The Labute approximate surface area is 228 Å². The summed E-state index contributed by atoms with van der Waals surface area (Å²) >= 11 is 0. The van der Waals surface area contributed by atoms with Gasteiger partial charge in [0, 0.05) is 25.6 Å². The fourth-order valence-corrected chi connectivity index (χ4v) is 6.43. The van der Waals surface area contributed by atoms with E-state index in [4.69, 9.17) is 9.47 Å². The number of hydrogen-bond acceptors (Lipinski definition) is 6. The lowest BCUT2D eigenvalue weighted by Gasteiger charge is -2.37. The van der Waals surface area contributed by atoms with Crippen molar-refractivity contribution in [2.75, 3.05) is 33.9 Å². The number of methoxy groups -OCH3 is 1. The minimum Gasteiger partial charge on any atom is -0.497 e. The number of fused-ring (bicyclic) bond motifs is 1. The highest BCUT2D eigenvalue weighted by molar-refractivity contribution is 7.89. The van der Waals surface area contributed by atoms with E-state index in [1.165, 1.54) is 33.5 Å². The third-order valence-corrected chi connectivity index (χ3v) is 9.01. The molecule has 0 unspecified atom stereocenters. The molecular weight excluding hydrogens is 523 g/mol. The van der Waals surface area contributed by atoms with Gasteiger partial charge in [0.05, 0.1) is 25.8 Å². The van der Waals surface area contributed by atoms with Gasteiger partial charge in [0.1, 0.15) is 28.3 Å². The van der Waals surface area contributed by atoms with Gasteiger partial charge < -0.3 is 19.5 Å². The molecule has 1 heterocycles. The number of amides is 1. The van der Waals surface area contributed by atoms with Crippen molar-refractivity contribution in [1.82, 2.24) is 9.21 Å². The Morgan fingerprint density at radius 1 is 1.15 bits per heavy atom. The van der Waals surface area contributed by atoms with Crippen LogP contribution in [0.5, 0.6) is 11.5 Å². The van der Waals surface area contributed by atoms with Crippen LogP contribution in [0.4, 0.5) is 4.39 Å². The van der Waals surface area contributed by atoms with Gasteiger partial charge in [-0.05, 0) is 54.4 Å². The molecule has 39 heavy (non-hydrogen) atoms. The van der Waals surface area contributed by atoms with Crippen molar-refractivity contribution >= 4 is 15.9 Å². The summed E-state index contributed by atoms with van der Waals surface area (Å²) in [5.41, 5.74) is 1.51.